The molecule has 0 spiro atoms. The minimum absolute atomic E-state index is 0. The van der Waals surface area contributed by atoms with Crippen LogP contribution in [-0.4, -0.2) is 4.57 Å². The standard InChI is InChI=1S/C12H13N3.ClH/c1-15-8-10(11(14)6-7-13)9-4-2-3-5-12(9)15;/h2-5,8,11H,6,14H2,1H3;1H/t11-;/m1./s1. The molecule has 0 aliphatic heterocycles. The molecule has 2 aromatic rings. The van der Waals surface area contributed by atoms with E-state index in [9.17, 15) is 0 Å². The molecule has 3 nitrogen and oxygen atoms in total. The second-order valence-electron chi connectivity index (χ2n) is 3.68. The van der Waals surface area contributed by atoms with Crippen molar-refractivity contribution in [2.45, 2.75) is 12.5 Å². The average molecular weight is 236 g/mol. The molecule has 1 heterocycles. The molecule has 4 heteroatoms. The molecule has 0 amide bonds. The number of hydrogen-bond donors (Lipinski definition) is 1. The smallest absolute Gasteiger partial charge is 0.0641 e. The van der Waals surface area contributed by atoms with Crippen LogP contribution in [0.2, 0.25) is 0 Å². The summed E-state index contributed by atoms with van der Waals surface area (Å²) in [4.78, 5) is 0. The third kappa shape index (κ3) is 2.04. The summed E-state index contributed by atoms with van der Waals surface area (Å²) >= 11 is 0. The van der Waals surface area contributed by atoms with Crippen LogP contribution in [-0.2, 0) is 7.05 Å². The molecule has 0 bridgehead atoms. The zero-order valence-corrected chi connectivity index (χ0v) is 9.87. The molecule has 0 saturated carbocycles. The third-order valence-corrected chi connectivity index (χ3v) is 2.64. The highest BCUT2D eigenvalue weighted by atomic mass is 35.5. The highest BCUT2D eigenvalue weighted by Crippen LogP contribution is 2.25. The van der Waals surface area contributed by atoms with Crippen molar-refractivity contribution in [2.75, 3.05) is 0 Å². The van der Waals surface area contributed by atoms with E-state index >= 15 is 0 Å². The van der Waals surface area contributed by atoms with Crippen molar-refractivity contribution in [2.24, 2.45) is 12.8 Å². The van der Waals surface area contributed by atoms with E-state index in [2.05, 4.69) is 12.1 Å². The molecular formula is C12H14ClN3. The van der Waals surface area contributed by atoms with Crippen LogP contribution in [0.4, 0.5) is 0 Å². The van der Waals surface area contributed by atoms with Gasteiger partial charge < -0.3 is 10.3 Å². The summed E-state index contributed by atoms with van der Waals surface area (Å²) in [6, 6.07) is 10.0. The Bertz CT molecular complexity index is 525. The molecule has 0 radical (unpaired) electrons. The van der Waals surface area contributed by atoms with Crippen molar-refractivity contribution >= 4 is 23.3 Å². The fourth-order valence-corrected chi connectivity index (χ4v) is 1.88. The van der Waals surface area contributed by atoms with Gasteiger partial charge in [-0.15, -0.1) is 12.4 Å². The Morgan fingerprint density at radius 3 is 2.81 bits per heavy atom. The normalized spacial score (nSPS) is 11.8. The van der Waals surface area contributed by atoms with Crippen molar-refractivity contribution in [1.29, 1.82) is 5.26 Å². The number of halogens is 1. The van der Waals surface area contributed by atoms with Gasteiger partial charge in [0.2, 0.25) is 0 Å². The van der Waals surface area contributed by atoms with Gasteiger partial charge in [-0.2, -0.15) is 5.26 Å². The maximum absolute atomic E-state index is 8.64. The van der Waals surface area contributed by atoms with Gasteiger partial charge in [-0.1, -0.05) is 18.2 Å². The van der Waals surface area contributed by atoms with E-state index in [1.165, 1.54) is 0 Å². The van der Waals surface area contributed by atoms with Crippen LogP contribution in [0.25, 0.3) is 10.9 Å². The molecule has 16 heavy (non-hydrogen) atoms. The van der Waals surface area contributed by atoms with E-state index < -0.39 is 0 Å². The number of fused-ring (bicyclic) bond motifs is 1. The van der Waals surface area contributed by atoms with Gasteiger partial charge in [0.15, 0.2) is 0 Å². The van der Waals surface area contributed by atoms with Crippen LogP contribution in [0.15, 0.2) is 30.5 Å². The fourth-order valence-electron chi connectivity index (χ4n) is 1.88. The van der Waals surface area contributed by atoms with Gasteiger partial charge >= 0.3 is 0 Å². The molecule has 2 N–H and O–H groups in total. The number of aryl methyl sites for hydroxylation is 1. The van der Waals surface area contributed by atoms with E-state index in [0.717, 1.165) is 16.5 Å². The molecule has 1 atom stereocenters. The number of para-hydroxylation sites is 1. The average Bonchev–Trinajstić information content (AvgIpc) is 2.58. The summed E-state index contributed by atoms with van der Waals surface area (Å²) in [5.74, 6) is 0. The topological polar surface area (TPSA) is 54.7 Å². The Morgan fingerprint density at radius 2 is 2.12 bits per heavy atom. The molecule has 84 valence electrons. The predicted molar refractivity (Wildman–Crippen MR) is 67.3 cm³/mol. The summed E-state index contributed by atoms with van der Waals surface area (Å²) in [6.07, 6.45) is 2.36. The van der Waals surface area contributed by atoms with E-state index in [1.54, 1.807) is 0 Å². The molecule has 0 unspecified atom stereocenters. The minimum atomic E-state index is -0.193. The first-order chi connectivity index (χ1) is 7.24. The van der Waals surface area contributed by atoms with Crippen molar-refractivity contribution in [3.63, 3.8) is 0 Å². The molecule has 0 aliphatic carbocycles. The fraction of sp³-hybridized carbons (Fsp3) is 0.250. The lowest BCUT2D eigenvalue weighted by molar-refractivity contribution is 0.749. The highest BCUT2D eigenvalue weighted by Gasteiger charge is 2.12. The number of nitrogens with two attached hydrogens (primary N) is 1. The first kappa shape index (κ1) is 12.6. The summed E-state index contributed by atoms with van der Waals surface area (Å²) in [7, 11) is 1.99. The predicted octanol–water partition coefficient (Wildman–Crippen LogP) is 2.51. The highest BCUT2D eigenvalue weighted by molar-refractivity contribution is 5.85. The summed E-state index contributed by atoms with van der Waals surface area (Å²) in [5.41, 5.74) is 8.15. The van der Waals surface area contributed by atoms with Gasteiger partial charge in [-0.3, -0.25) is 0 Å². The van der Waals surface area contributed by atoms with E-state index in [-0.39, 0.29) is 18.4 Å². The largest absolute Gasteiger partial charge is 0.350 e. The van der Waals surface area contributed by atoms with Gasteiger partial charge in [0, 0.05) is 30.2 Å². The summed E-state index contributed by atoms with van der Waals surface area (Å²) in [5, 5.41) is 9.78. The van der Waals surface area contributed by atoms with Crippen LogP contribution in [0.3, 0.4) is 0 Å². The number of aromatic nitrogens is 1. The van der Waals surface area contributed by atoms with Gasteiger partial charge in [0.25, 0.3) is 0 Å². The van der Waals surface area contributed by atoms with Gasteiger partial charge in [-0.05, 0) is 11.6 Å². The summed E-state index contributed by atoms with van der Waals surface area (Å²) < 4.78 is 2.04. The Kier molecular flexibility index (Phi) is 3.94. The number of rotatable bonds is 2. The monoisotopic (exact) mass is 235 g/mol. The van der Waals surface area contributed by atoms with Crippen molar-refractivity contribution in [3.05, 3.63) is 36.0 Å². The summed E-state index contributed by atoms with van der Waals surface area (Å²) in [6.45, 7) is 0. The van der Waals surface area contributed by atoms with Crippen LogP contribution in [0.5, 0.6) is 0 Å². The van der Waals surface area contributed by atoms with Gasteiger partial charge in [0.1, 0.15) is 0 Å². The molecule has 0 fully saturated rings. The Hall–Kier alpha value is -1.50. The van der Waals surface area contributed by atoms with E-state index in [4.69, 9.17) is 11.0 Å². The molecule has 1 aromatic carbocycles. The lowest BCUT2D eigenvalue weighted by atomic mass is 10.0. The second kappa shape index (κ2) is 5.02. The third-order valence-electron chi connectivity index (χ3n) is 2.64. The SMILES string of the molecule is Cl.Cn1cc([C@H](N)CC#N)c2ccccc21. The van der Waals surface area contributed by atoms with Crippen LogP contribution < -0.4 is 5.73 Å². The van der Waals surface area contributed by atoms with E-state index in [1.807, 2.05) is 36.0 Å². The Balaban J connectivity index is 0.00000128. The lowest BCUT2D eigenvalue weighted by Gasteiger charge is -2.04. The molecule has 1 aromatic heterocycles. The lowest BCUT2D eigenvalue weighted by Crippen LogP contribution is -2.08. The van der Waals surface area contributed by atoms with Crippen LogP contribution >= 0.6 is 12.4 Å². The number of nitriles is 1. The molecule has 0 saturated heterocycles. The first-order valence-corrected chi connectivity index (χ1v) is 4.90. The van der Waals surface area contributed by atoms with Crippen molar-refractivity contribution in [1.82, 2.24) is 4.57 Å². The van der Waals surface area contributed by atoms with Crippen molar-refractivity contribution in [3.8, 4) is 6.07 Å². The van der Waals surface area contributed by atoms with Gasteiger partial charge in [0.05, 0.1) is 12.5 Å². The Morgan fingerprint density at radius 1 is 1.44 bits per heavy atom. The van der Waals surface area contributed by atoms with E-state index in [0.29, 0.717) is 6.42 Å². The zero-order chi connectivity index (χ0) is 10.8. The quantitative estimate of drug-likeness (QED) is 0.870. The Labute approximate surface area is 101 Å². The number of benzene rings is 1. The number of hydrogen-bond acceptors (Lipinski definition) is 2. The maximum atomic E-state index is 8.64. The maximum Gasteiger partial charge on any atom is 0.0641 e. The molecule has 2 rings (SSSR count). The molecular weight excluding hydrogens is 222 g/mol. The van der Waals surface area contributed by atoms with Gasteiger partial charge in [-0.25, -0.2) is 0 Å². The molecule has 0 aliphatic rings. The number of nitrogens with zero attached hydrogens (tertiary/aromatic N) is 2. The zero-order valence-electron chi connectivity index (χ0n) is 9.05. The second-order valence-corrected chi connectivity index (χ2v) is 3.68. The minimum Gasteiger partial charge on any atom is -0.350 e. The first-order valence-electron chi connectivity index (χ1n) is 4.90. The van der Waals surface area contributed by atoms with Crippen molar-refractivity contribution < 1.29 is 0 Å². The van der Waals surface area contributed by atoms with Crippen LogP contribution in [0.1, 0.15) is 18.0 Å². The van der Waals surface area contributed by atoms with Crippen LogP contribution in [0, 0.1) is 11.3 Å².